The summed E-state index contributed by atoms with van der Waals surface area (Å²) in [5.41, 5.74) is 6.45. The van der Waals surface area contributed by atoms with E-state index >= 15 is 0 Å². The molecule has 0 fully saturated rings. The lowest BCUT2D eigenvalue weighted by molar-refractivity contribution is -0.385. The Bertz CT molecular complexity index is 705. The second-order valence-corrected chi connectivity index (χ2v) is 4.37. The number of nitrogens with zero attached hydrogens (tertiary/aromatic N) is 3. The molecular formula is C14H12N4O3. The normalized spacial score (nSPS) is 11.5. The predicted octanol–water partition coefficient (Wildman–Crippen LogP) is 2.67. The van der Waals surface area contributed by atoms with Crippen molar-refractivity contribution in [1.29, 1.82) is 5.26 Å². The summed E-state index contributed by atoms with van der Waals surface area (Å²) >= 11 is 0. The second kappa shape index (κ2) is 5.98. The van der Waals surface area contributed by atoms with Crippen LogP contribution < -0.4 is 10.5 Å². The minimum absolute atomic E-state index is 0.0278. The summed E-state index contributed by atoms with van der Waals surface area (Å²) in [5.74, 6) is 0.243. The molecule has 2 N–H and O–H groups in total. The molecule has 0 unspecified atom stereocenters. The fraction of sp³-hybridized carbons (Fsp3) is 0.143. The maximum absolute atomic E-state index is 11.0. The van der Waals surface area contributed by atoms with Gasteiger partial charge < -0.3 is 10.5 Å². The molecule has 0 saturated carbocycles. The van der Waals surface area contributed by atoms with E-state index in [4.69, 9.17) is 15.7 Å². The number of nitriles is 1. The third kappa shape index (κ3) is 3.32. The Morgan fingerprint density at radius 1 is 1.43 bits per heavy atom. The lowest BCUT2D eigenvalue weighted by Crippen LogP contribution is -2.05. The molecule has 2 aromatic rings. The molecule has 1 atom stereocenters. The molecule has 0 saturated heterocycles. The maximum Gasteiger partial charge on any atom is 0.312 e. The molecule has 0 aliphatic rings. The summed E-state index contributed by atoms with van der Waals surface area (Å²) in [6, 6.07) is 8.98. The number of aromatic nitrogens is 1. The van der Waals surface area contributed by atoms with Crippen LogP contribution >= 0.6 is 0 Å². The van der Waals surface area contributed by atoms with Crippen LogP contribution in [0.1, 0.15) is 24.1 Å². The fourth-order valence-corrected chi connectivity index (χ4v) is 1.65. The first-order valence-electron chi connectivity index (χ1n) is 6.09. The monoisotopic (exact) mass is 284 g/mol. The van der Waals surface area contributed by atoms with Crippen molar-refractivity contribution in [3.05, 3.63) is 57.8 Å². The van der Waals surface area contributed by atoms with E-state index in [9.17, 15) is 10.1 Å². The van der Waals surface area contributed by atoms with Crippen molar-refractivity contribution in [1.82, 2.24) is 4.98 Å². The van der Waals surface area contributed by atoms with Crippen molar-refractivity contribution in [2.75, 3.05) is 0 Å². The van der Waals surface area contributed by atoms with Gasteiger partial charge >= 0.3 is 5.69 Å². The summed E-state index contributed by atoms with van der Waals surface area (Å²) in [4.78, 5) is 14.4. The lowest BCUT2D eigenvalue weighted by Gasteiger charge is -2.08. The second-order valence-electron chi connectivity index (χ2n) is 4.37. The van der Waals surface area contributed by atoms with E-state index in [1.54, 1.807) is 18.3 Å². The van der Waals surface area contributed by atoms with Crippen molar-refractivity contribution in [3.63, 3.8) is 0 Å². The van der Waals surface area contributed by atoms with E-state index in [0.29, 0.717) is 0 Å². The van der Waals surface area contributed by atoms with Crippen LogP contribution in [0, 0.1) is 21.4 Å². The number of nitro groups is 1. The van der Waals surface area contributed by atoms with Crippen LogP contribution in [0.15, 0.2) is 36.5 Å². The molecular weight excluding hydrogens is 272 g/mol. The van der Waals surface area contributed by atoms with E-state index in [1.165, 1.54) is 12.1 Å². The zero-order valence-electron chi connectivity index (χ0n) is 11.2. The molecule has 1 aromatic carbocycles. The number of hydrogen-bond acceptors (Lipinski definition) is 6. The van der Waals surface area contributed by atoms with Gasteiger partial charge in [0.2, 0.25) is 11.6 Å². The third-order valence-electron chi connectivity index (χ3n) is 2.78. The number of hydrogen-bond donors (Lipinski definition) is 1. The summed E-state index contributed by atoms with van der Waals surface area (Å²) in [7, 11) is 0. The van der Waals surface area contributed by atoms with Crippen LogP contribution in [0.5, 0.6) is 11.6 Å². The maximum atomic E-state index is 11.0. The van der Waals surface area contributed by atoms with E-state index in [0.717, 1.165) is 11.6 Å². The number of ether oxygens (including phenoxy) is 1. The van der Waals surface area contributed by atoms with Crippen LogP contribution in [-0.2, 0) is 0 Å². The van der Waals surface area contributed by atoms with Gasteiger partial charge in [-0.3, -0.25) is 10.1 Å². The van der Waals surface area contributed by atoms with Gasteiger partial charge in [-0.15, -0.1) is 0 Å². The highest BCUT2D eigenvalue weighted by atomic mass is 16.6. The average Bonchev–Trinajstić information content (AvgIpc) is 2.48. The highest BCUT2D eigenvalue weighted by Crippen LogP contribution is 2.31. The minimum atomic E-state index is -0.605. The summed E-state index contributed by atoms with van der Waals surface area (Å²) in [6.45, 7) is 1.82. The van der Waals surface area contributed by atoms with Crippen LogP contribution in [0.3, 0.4) is 0 Å². The topological polar surface area (TPSA) is 115 Å². The summed E-state index contributed by atoms with van der Waals surface area (Å²) in [5, 5.41) is 19.8. The van der Waals surface area contributed by atoms with Gasteiger partial charge in [0.1, 0.15) is 0 Å². The molecule has 0 spiro atoms. The highest BCUT2D eigenvalue weighted by molar-refractivity contribution is 5.52. The first kappa shape index (κ1) is 14.4. The van der Waals surface area contributed by atoms with E-state index in [2.05, 4.69) is 4.98 Å². The Kier molecular flexibility index (Phi) is 4.11. The van der Waals surface area contributed by atoms with Gasteiger partial charge in [-0.1, -0.05) is 6.07 Å². The Balaban J connectivity index is 2.31. The van der Waals surface area contributed by atoms with Crippen molar-refractivity contribution >= 4 is 5.69 Å². The first-order chi connectivity index (χ1) is 10.0. The standard InChI is InChI=1S/C14H12N4O3/c1-9(16)11-3-5-14(17-8-11)21-13-4-2-10(7-15)6-12(13)18(19)20/h2-6,8-9H,16H2,1H3/t9-/m0/s1. The molecule has 2 rings (SSSR count). The molecule has 1 heterocycles. The smallest absolute Gasteiger partial charge is 0.312 e. The lowest BCUT2D eigenvalue weighted by atomic mass is 10.2. The Labute approximate surface area is 120 Å². The fourth-order valence-electron chi connectivity index (χ4n) is 1.65. The summed E-state index contributed by atoms with van der Waals surface area (Å²) in [6.07, 6.45) is 1.55. The van der Waals surface area contributed by atoms with Gasteiger partial charge in [0.05, 0.1) is 16.6 Å². The number of pyridine rings is 1. The van der Waals surface area contributed by atoms with Crippen molar-refractivity contribution in [2.24, 2.45) is 5.73 Å². The molecule has 1 aromatic heterocycles. The first-order valence-corrected chi connectivity index (χ1v) is 6.09. The zero-order valence-corrected chi connectivity index (χ0v) is 11.2. The van der Waals surface area contributed by atoms with E-state index in [1.807, 2.05) is 13.0 Å². The largest absolute Gasteiger partial charge is 0.432 e. The number of nitrogens with two attached hydrogens (primary N) is 1. The van der Waals surface area contributed by atoms with Gasteiger partial charge in [0.15, 0.2) is 0 Å². The van der Waals surface area contributed by atoms with Crippen LogP contribution in [0.4, 0.5) is 5.69 Å². The quantitative estimate of drug-likeness (QED) is 0.681. The molecule has 0 bridgehead atoms. The van der Waals surface area contributed by atoms with Crippen LogP contribution in [0.25, 0.3) is 0 Å². The highest BCUT2D eigenvalue weighted by Gasteiger charge is 2.17. The number of benzene rings is 1. The molecule has 0 aliphatic carbocycles. The molecule has 0 radical (unpaired) electrons. The van der Waals surface area contributed by atoms with Gasteiger partial charge in [0.25, 0.3) is 0 Å². The van der Waals surface area contributed by atoms with Gasteiger partial charge in [0, 0.05) is 24.4 Å². The average molecular weight is 284 g/mol. The summed E-state index contributed by atoms with van der Waals surface area (Å²) < 4.78 is 5.40. The Morgan fingerprint density at radius 3 is 2.71 bits per heavy atom. The van der Waals surface area contributed by atoms with Crippen LogP contribution in [0.2, 0.25) is 0 Å². The minimum Gasteiger partial charge on any atom is -0.432 e. The Hall–Kier alpha value is -2.98. The SMILES string of the molecule is C[C@H](N)c1ccc(Oc2ccc(C#N)cc2[N+](=O)[O-])nc1. The molecule has 106 valence electrons. The molecule has 21 heavy (non-hydrogen) atoms. The predicted molar refractivity (Wildman–Crippen MR) is 74.7 cm³/mol. The van der Waals surface area contributed by atoms with Crippen molar-refractivity contribution in [3.8, 4) is 17.7 Å². The number of nitro benzene ring substituents is 1. The van der Waals surface area contributed by atoms with Crippen molar-refractivity contribution < 1.29 is 9.66 Å². The van der Waals surface area contributed by atoms with Gasteiger partial charge in [-0.25, -0.2) is 4.98 Å². The van der Waals surface area contributed by atoms with E-state index in [-0.39, 0.29) is 28.9 Å². The zero-order chi connectivity index (χ0) is 15.4. The van der Waals surface area contributed by atoms with Crippen molar-refractivity contribution in [2.45, 2.75) is 13.0 Å². The third-order valence-corrected chi connectivity index (χ3v) is 2.78. The van der Waals surface area contributed by atoms with Crippen LogP contribution in [-0.4, -0.2) is 9.91 Å². The molecule has 0 aliphatic heterocycles. The molecule has 7 nitrogen and oxygen atoms in total. The molecule has 0 amide bonds. The van der Waals surface area contributed by atoms with Gasteiger partial charge in [-0.05, 0) is 24.6 Å². The Morgan fingerprint density at radius 2 is 2.19 bits per heavy atom. The van der Waals surface area contributed by atoms with Gasteiger partial charge in [-0.2, -0.15) is 5.26 Å². The number of rotatable bonds is 4. The van der Waals surface area contributed by atoms with E-state index < -0.39 is 4.92 Å². The molecule has 7 heteroatoms.